The van der Waals surface area contributed by atoms with Crippen molar-refractivity contribution in [1.82, 2.24) is 10.2 Å². The van der Waals surface area contributed by atoms with Gasteiger partial charge in [0.15, 0.2) is 5.78 Å². The van der Waals surface area contributed by atoms with Crippen LogP contribution < -0.4 is 5.32 Å². The zero-order chi connectivity index (χ0) is 22.6. The van der Waals surface area contributed by atoms with E-state index in [9.17, 15) is 9.18 Å². The minimum absolute atomic E-state index is 0.00782. The van der Waals surface area contributed by atoms with E-state index in [1.807, 2.05) is 66.7 Å². The van der Waals surface area contributed by atoms with Crippen LogP contribution in [0.15, 0.2) is 91.0 Å². The molecule has 0 amide bonds. The third-order valence-corrected chi connectivity index (χ3v) is 5.48. The van der Waals surface area contributed by atoms with E-state index < -0.39 is 0 Å². The molecule has 0 aliphatic rings. The Labute approximate surface area is 187 Å². The summed E-state index contributed by atoms with van der Waals surface area (Å²) >= 11 is 0. The van der Waals surface area contributed by atoms with E-state index in [-0.39, 0.29) is 17.0 Å². The molecule has 0 saturated carbocycles. The quantitative estimate of drug-likeness (QED) is 0.374. The highest BCUT2D eigenvalue weighted by Crippen LogP contribution is 2.24. The lowest BCUT2D eigenvalue weighted by Crippen LogP contribution is -2.28. The fraction of sp³-hybridized carbons (Fsp3) is 0.148. The summed E-state index contributed by atoms with van der Waals surface area (Å²) in [6.07, 6.45) is 0. The summed E-state index contributed by atoms with van der Waals surface area (Å²) in [5.74, 6) is 0.419. The fourth-order valence-corrected chi connectivity index (χ4v) is 3.44. The van der Waals surface area contributed by atoms with E-state index >= 15 is 0 Å². The Balaban J connectivity index is 1.41. The van der Waals surface area contributed by atoms with Crippen molar-refractivity contribution >= 4 is 11.6 Å². The number of nitrogens with one attached hydrogen (secondary N) is 1. The maximum absolute atomic E-state index is 13.2. The molecular weight excluding hydrogens is 401 g/mol. The molecule has 0 unspecified atom stereocenters. The molecule has 5 heteroatoms. The molecule has 160 valence electrons. The molecule has 4 aromatic rings. The molecule has 3 aromatic carbocycles. The van der Waals surface area contributed by atoms with Crippen LogP contribution in [0.25, 0.3) is 11.3 Å². The highest BCUT2D eigenvalue weighted by Gasteiger charge is 2.20. The first-order valence-electron chi connectivity index (χ1n) is 10.5. The number of nitrogens with zero attached hydrogens (tertiary/aromatic N) is 2. The van der Waals surface area contributed by atoms with E-state index in [1.54, 1.807) is 12.1 Å². The first kappa shape index (κ1) is 21.4. The number of ketones is 1. The number of aromatic nitrogens is 2. The number of anilines is 1. The van der Waals surface area contributed by atoms with Crippen molar-refractivity contribution in [3.63, 3.8) is 0 Å². The lowest BCUT2D eigenvalue weighted by Gasteiger charge is -2.25. The molecule has 0 fully saturated rings. The third kappa shape index (κ3) is 4.89. The maximum atomic E-state index is 13.2. The largest absolute Gasteiger partial charge is 0.368 e. The molecule has 32 heavy (non-hydrogen) atoms. The number of rotatable bonds is 7. The van der Waals surface area contributed by atoms with Crippen LogP contribution in [0.5, 0.6) is 0 Å². The van der Waals surface area contributed by atoms with Gasteiger partial charge >= 0.3 is 0 Å². The van der Waals surface area contributed by atoms with Crippen LogP contribution in [0.2, 0.25) is 0 Å². The molecule has 4 nitrogen and oxygen atoms in total. The SMILES string of the molecule is CC(C)(CNc1ccc(-c2ccc(C(=O)c3ccccc3)cc2)nn1)c1ccc(F)cc1. The first-order valence-corrected chi connectivity index (χ1v) is 10.5. The van der Waals surface area contributed by atoms with Gasteiger partial charge in [-0.3, -0.25) is 4.79 Å². The van der Waals surface area contributed by atoms with Gasteiger partial charge in [0.25, 0.3) is 0 Å². The Hall–Kier alpha value is -3.86. The Morgan fingerprint density at radius 2 is 1.47 bits per heavy atom. The van der Waals surface area contributed by atoms with Gasteiger partial charge in [-0.2, -0.15) is 0 Å². The van der Waals surface area contributed by atoms with Gasteiger partial charge in [0, 0.05) is 28.7 Å². The maximum Gasteiger partial charge on any atom is 0.193 e. The van der Waals surface area contributed by atoms with Crippen molar-refractivity contribution in [2.24, 2.45) is 0 Å². The van der Waals surface area contributed by atoms with E-state index in [4.69, 9.17) is 0 Å². The first-order chi connectivity index (χ1) is 15.4. The second kappa shape index (κ2) is 9.10. The van der Waals surface area contributed by atoms with Crippen molar-refractivity contribution in [3.8, 4) is 11.3 Å². The van der Waals surface area contributed by atoms with Crippen molar-refractivity contribution in [2.45, 2.75) is 19.3 Å². The van der Waals surface area contributed by atoms with Crippen LogP contribution in [-0.4, -0.2) is 22.5 Å². The minimum Gasteiger partial charge on any atom is -0.368 e. The van der Waals surface area contributed by atoms with Gasteiger partial charge in [0.2, 0.25) is 0 Å². The van der Waals surface area contributed by atoms with Gasteiger partial charge in [-0.15, -0.1) is 10.2 Å². The predicted octanol–water partition coefficient (Wildman–Crippen LogP) is 5.90. The molecule has 0 aliphatic heterocycles. The summed E-state index contributed by atoms with van der Waals surface area (Å²) < 4.78 is 13.2. The molecule has 1 N–H and O–H groups in total. The zero-order valence-corrected chi connectivity index (χ0v) is 18.0. The highest BCUT2D eigenvalue weighted by molar-refractivity contribution is 6.09. The van der Waals surface area contributed by atoms with Crippen LogP contribution in [0.3, 0.4) is 0 Å². The van der Waals surface area contributed by atoms with E-state index in [2.05, 4.69) is 29.4 Å². The molecule has 0 bridgehead atoms. The van der Waals surface area contributed by atoms with Crippen LogP contribution in [0.4, 0.5) is 10.2 Å². The molecule has 1 heterocycles. The van der Waals surface area contributed by atoms with Crippen LogP contribution in [0.1, 0.15) is 35.3 Å². The van der Waals surface area contributed by atoms with Crippen molar-refractivity contribution in [3.05, 3.63) is 114 Å². The average Bonchev–Trinajstić information content (AvgIpc) is 2.84. The van der Waals surface area contributed by atoms with Crippen molar-refractivity contribution < 1.29 is 9.18 Å². The number of carbonyl (C=O) groups is 1. The lowest BCUT2D eigenvalue weighted by molar-refractivity contribution is 0.103. The number of carbonyl (C=O) groups excluding carboxylic acids is 1. The topological polar surface area (TPSA) is 54.9 Å². The van der Waals surface area contributed by atoms with Crippen molar-refractivity contribution in [1.29, 1.82) is 0 Å². The number of benzene rings is 3. The normalized spacial score (nSPS) is 11.2. The second-order valence-electron chi connectivity index (χ2n) is 8.32. The summed E-state index contributed by atoms with van der Waals surface area (Å²) in [7, 11) is 0. The third-order valence-electron chi connectivity index (χ3n) is 5.48. The number of hydrogen-bond donors (Lipinski definition) is 1. The summed E-state index contributed by atoms with van der Waals surface area (Å²) in [6.45, 7) is 4.81. The molecule has 0 spiro atoms. The predicted molar refractivity (Wildman–Crippen MR) is 125 cm³/mol. The Morgan fingerprint density at radius 1 is 0.812 bits per heavy atom. The van der Waals surface area contributed by atoms with Gasteiger partial charge in [-0.25, -0.2) is 4.39 Å². The summed E-state index contributed by atoms with van der Waals surface area (Å²) in [6, 6.07) is 26.9. The second-order valence-corrected chi connectivity index (χ2v) is 8.32. The molecule has 0 radical (unpaired) electrons. The van der Waals surface area contributed by atoms with Crippen LogP contribution in [0, 0.1) is 5.82 Å². The van der Waals surface area contributed by atoms with Gasteiger partial charge < -0.3 is 5.32 Å². The smallest absolute Gasteiger partial charge is 0.193 e. The van der Waals surface area contributed by atoms with E-state index in [0.29, 0.717) is 23.5 Å². The monoisotopic (exact) mass is 425 g/mol. The fourth-order valence-electron chi connectivity index (χ4n) is 3.44. The zero-order valence-electron chi connectivity index (χ0n) is 18.0. The van der Waals surface area contributed by atoms with Gasteiger partial charge in [-0.1, -0.05) is 80.6 Å². The molecule has 0 aliphatic carbocycles. The van der Waals surface area contributed by atoms with Crippen LogP contribution >= 0.6 is 0 Å². The standard InChI is InChI=1S/C27H24FN3O/c1-27(2,22-12-14-23(28)15-13-22)18-29-25-17-16-24(30-31-25)19-8-10-21(11-9-19)26(32)20-6-4-3-5-7-20/h3-17H,18H2,1-2H3,(H,29,31). The average molecular weight is 426 g/mol. The summed E-state index contributed by atoms with van der Waals surface area (Å²) in [5.41, 5.74) is 3.76. The Morgan fingerprint density at radius 3 is 2.09 bits per heavy atom. The molecule has 1 aromatic heterocycles. The van der Waals surface area contributed by atoms with Gasteiger partial charge in [0.1, 0.15) is 11.6 Å². The Bertz CT molecular complexity index is 1190. The van der Waals surface area contributed by atoms with Gasteiger partial charge in [-0.05, 0) is 29.8 Å². The molecule has 0 saturated heterocycles. The molecular formula is C27H24FN3O. The van der Waals surface area contributed by atoms with Crippen LogP contribution in [-0.2, 0) is 5.41 Å². The van der Waals surface area contributed by atoms with E-state index in [0.717, 1.165) is 16.8 Å². The summed E-state index contributed by atoms with van der Waals surface area (Å²) in [5, 5.41) is 11.9. The Kier molecular flexibility index (Phi) is 6.08. The summed E-state index contributed by atoms with van der Waals surface area (Å²) in [4.78, 5) is 12.6. The van der Waals surface area contributed by atoms with Crippen molar-refractivity contribution in [2.75, 3.05) is 11.9 Å². The van der Waals surface area contributed by atoms with Gasteiger partial charge in [0.05, 0.1) is 5.69 Å². The minimum atomic E-state index is -0.239. The molecule has 4 rings (SSSR count). The number of halogens is 1. The highest BCUT2D eigenvalue weighted by atomic mass is 19.1. The number of hydrogen-bond acceptors (Lipinski definition) is 4. The van der Waals surface area contributed by atoms with E-state index in [1.165, 1.54) is 12.1 Å². The molecule has 0 atom stereocenters. The lowest BCUT2D eigenvalue weighted by atomic mass is 9.84.